The van der Waals surface area contributed by atoms with Crippen molar-refractivity contribution < 1.29 is 9.47 Å². The van der Waals surface area contributed by atoms with E-state index in [1.54, 1.807) is 14.2 Å². The molecule has 0 aromatic heterocycles. The van der Waals surface area contributed by atoms with Gasteiger partial charge in [-0.3, -0.25) is 0 Å². The largest absolute Gasteiger partial charge is 0.496 e. The molecule has 4 heteroatoms. The molecule has 96 valence electrons. The van der Waals surface area contributed by atoms with E-state index in [0.717, 1.165) is 47.3 Å². The molecule has 0 aliphatic heterocycles. The smallest absolute Gasteiger partial charge is 0.139 e. The highest BCUT2D eigenvalue weighted by atomic mass is 79.9. The third-order valence-electron chi connectivity index (χ3n) is 2.80. The number of ether oxygens (including phenoxy) is 2. The molecular weight excluding hydrogens is 282 g/mol. The molecule has 1 aromatic carbocycles. The average Bonchev–Trinajstić information content (AvgIpc) is 2.30. The van der Waals surface area contributed by atoms with Crippen molar-refractivity contribution in [2.75, 3.05) is 20.8 Å². The van der Waals surface area contributed by atoms with Gasteiger partial charge in [-0.05, 0) is 60.3 Å². The fourth-order valence-electron chi connectivity index (χ4n) is 1.99. The van der Waals surface area contributed by atoms with Gasteiger partial charge in [0.25, 0.3) is 0 Å². The third kappa shape index (κ3) is 3.36. The second-order valence-corrected chi connectivity index (χ2v) is 4.81. The van der Waals surface area contributed by atoms with Crippen molar-refractivity contribution in [2.24, 2.45) is 5.73 Å². The third-order valence-corrected chi connectivity index (χ3v) is 3.39. The van der Waals surface area contributed by atoms with Crippen LogP contribution < -0.4 is 15.2 Å². The Bertz CT molecular complexity index is 380. The molecule has 0 bridgehead atoms. The molecule has 1 rings (SSSR count). The van der Waals surface area contributed by atoms with Crippen molar-refractivity contribution in [3.63, 3.8) is 0 Å². The summed E-state index contributed by atoms with van der Waals surface area (Å²) in [6, 6.07) is 2.07. The zero-order valence-corrected chi connectivity index (χ0v) is 12.3. The van der Waals surface area contributed by atoms with E-state index >= 15 is 0 Å². The first kappa shape index (κ1) is 14.3. The lowest BCUT2D eigenvalue weighted by Gasteiger charge is -2.16. The van der Waals surface area contributed by atoms with Gasteiger partial charge in [-0.2, -0.15) is 0 Å². The highest BCUT2D eigenvalue weighted by Crippen LogP contribution is 2.38. The maximum atomic E-state index is 5.51. The molecule has 1 aromatic rings. The van der Waals surface area contributed by atoms with Gasteiger partial charge in [0.15, 0.2) is 0 Å². The first-order chi connectivity index (χ1) is 8.15. The number of hydrogen-bond acceptors (Lipinski definition) is 3. The summed E-state index contributed by atoms with van der Waals surface area (Å²) in [5, 5.41) is 0. The van der Waals surface area contributed by atoms with Gasteiger partial charge in [0, 0.05) is 5.56 Å². The summed E-state index contributed by atoms with van der Waals surface area (Å²) in [6.07, 6.45) is 3.08. The average molecular weight is 302 g/mol. The summed E-state index contributed by atoms with van der Waals surface area (Å²) in [7, 11) is 3.36. The Kier molecular flexibility index (Phi) is 5.78. The minimum atomic E-state index is 0.735. The van der Waals surface area contributed by atoms with Crippen LogP contribution in [0.2, 0.25) is 0 Å². The van der Waals surface area contributed by atoms with Crippen molar-refractivity contribution in [1.29, 1.82) is 0 Å². The summed E-state index contributed by atoms with van der Waals surface area (Å²) < 4.78 is 11.8. The Morgan fingerprint density at radius 3 is 2.35 bits per heavy atom. The van der Waals surface area contributed by atoms with Gasteiger partial charge in [0.1, 0.15) is 11.5 Å². The fourth-order valence-corrected chi connectivity index (χ4v) is 2.72. The number of rotatable bonds is 6. The van der Waals surface area contributed by atoms with Crippen LogP contribution in [0, 0.1) is 6.92 Å². The van der Waals surface area contributed by atoms with Crippen LogP contribution in [0.5, 0.6) is 11.5 Å². The highest BCUT2D eigenvalue weighted by Gasteiger charge is 2.14. The van der Waals surface area contributed by atoms with E-state index in [9.17, 15) is 0 Å². The summed E-state index contributed by atoms with van der Waals surface area (Å²) in [5.41, 5.74) is 7.74. The summed E-state index contributed by atoms with van der Waals surface area (Å²) in [4.78, 5) is 0. The molecule has 0 heterocycles. The van der Waals surface area contributed by atoms with Crippen LogP contribution in [-0.4, -0.2) is 20.8 Å². The number of methoxy groups -OCH3 is 2. The number of nitrogens with two attached hydrogens (primary N) is 1. The topological polar surface area (TPSA) is 44.5 Å². The van der Waals surface area contributed by atoms with Crippen LogP contribution in [-0.2, 0) is 6.42 Å². The van der Waals surface area contributed by atoms with E-state index in [2.05, 4.69) is 22.0 Å². The predicted molar refractivity (Wildman–Crippen MR) is 74.0 cm³/mol. The zero-order valence-electron chi connectivity index (χ0n) is 10.7. The van der Waals surface area contributed by atoms with Crippen molar-refractivity contribution in [2.45, 2.75) is 26.2 Å². The van der Waals surface area contributed by atoms with Crippen LogP contribution >= 0.6 is 15.9 Å². The lowest BCUT2D eigenvalue weighted by atomic mass is 10.0. The van der Waals surface area contributed by atoms with Crippen LogP contribution in [0.25, 0.3) is 0 Å². The second kappa shape index (κ2) is 6.87. The SMILES string of the molecule is COc1c(Br)cc(CCCCN)c(OC)c1C. The number of aryl methyl sites for hydroxylation is 1. The molecule has 0 amide bonds. The molecule has 0 atom stereocenters. The van der Waals surface area contributed by atoms with E-state index in [0.29, 0.717) is 0 Å². The first-order valence-corrected chi connectivity index (χ1v) is 6.55. The van der Waals surface area contributed by atoms with E-state index in [4.69, 9.17) is 15.2 Å². The molecule has 0 spiro atoms. The van der Waals surface area contributed by atoms with Gasteiger partial charge in [0.05, 0.1) is 18.7 Å². The van der Waals surface area contributed by atoms with Gasteiger partial charge >= 0.3 is 0 Å². The molecule has 0 fully saturated rings. The number of unbranched alkanes of at least 4 members (excludes halogenated alkanes) is 1. The Labute approximate surface area is 111 Å². The number of hydrogen-bond donors (Lipinski definition) is 1. The lowest BCUT2D eigenvalue weighted by Crippen LogP contribution is -2.02. The highest BCUT2D eigenvalue weighted by molar-refractivity contribution is 9.10. The monoisotopic (exact) mass is 301 g/mol. The second-order valence-electron chi connectivity index (χ2n) is 3.95. The van der Waals surface area contributed by atoms with E-state index < -0.39 is 0 Å². The molecule has 0 aliphatic rings. The maximum absolute atomic E-state index is 5.51. The minimum Gasteiger partial charge on any atom is -0.496 e. The van der Waals surface area contributed by atoms with Gasteiger partial charge in [-0.1, -0.05) is 0 Å². The van der Waals surface area contributed by atoms with Gasteiger partial charge in [-0.15, -0.1) is 0 Å². The van der Waals surface area contributed by atoms with E-state index in [1.807, 2.05) is 6.92 Å². The predicted octanol–water partition coefficient (Wildman–Crippen LogP) is 3.06. The van der Waals surface area contributed by atoms with Crippen LogP contribution in [0.4, 0.5) is 0 Å². The standard InChI is InChI=1S/C13H20BrNO2/c1-9-12(16-2)10(6-4-5-7-15)8-11(14)13(9)17-3/h8H,4-7,15H2,1-3H3. The maximum Gasteiger partial charge on any atom is 0.139 e. The molecule has 3 nitrogen and oxygen atoms in total. The molecule has 0 saturated heterocycles. The molecule has 0 unspecified atom stereocenters. The molecule has 2 N–H and O–H groups in total. The minimum absolute atomic E-state index is 0.735. The molecule has 0 aliphatic carbocycles. The molecule has 17 heavy (non-hydrogen) atoms. The summed E-state index contributed by atoms with van der Waals surface area (Å²) in [5.74, 6) is 1.76. The lowest BCUT2D eigenvalue weighted by molar-refractivity contribution is 0.383. The zero-order chi connectivity index (χ0) is 12.8. The summed E-state index contributed by atoms with van der Waals surface area (Å²) >= 11 is 3.53. The van der Waals surface area contributed by atoms with Crippen molar-refractivity contribution >= 4 is 15.9 Å². The van der Waals surface area contributed by atoms with Gasteiger partial charge < -0.3 is 15.2 Å². The van der Waals surface area contributed by atoms with Crippen LogP contribution in [0.15, 0.2) is 10.5 Å². The van der Waals surface area contributed by atoms with Crippen molar-refractivity contribution in [3.05, 3.63) is 21.7 Å². The number of benzene rings is 1. The quantitative estimate of drug-likeness (QED) is 0.821. The summed E-state index contributed by atoms with van der Waals surface area (Å²) in [6.45, 7) is 2.74. The number of halogens is 1. The Balaban J connectivity index is 3.04. The van der Waals surface area contributed by atoms with Crippen molar-refractivity contribution in [1.82, 2.24) is 0 Å². The molecule has 0 saturated carbocycles. The van der Waals surface area contributed by atoms with Crippen LogP contribution in [0.3, 0.4) is 0 Å². The normalized spacial score (nSPS) is 10.4. The first-order valence-electron chi connectivity index (χ1n) is 5.75. The van der Waals surface area contributed by atoms with E-state index in [1.165, 1.54) is 5.56 Å². The van der Waals surface area contributed by atoms with Crippen molar-refractivity contribution in [3.8, 4) is 11.5 Å². The Morgan fingerprint density at radius 2 is 1.82 bits per heavy atom. The van der Waals surface area contributed by atoms with Crippen LogP contribution in [0.1, 0.15) is 24.0 Å². The molecule has 0 radical (unpaired) electrons. The Morgan fingerprint density at radius 1 is 1.18 bits per heavy atom. The Hall–Kier alpha value is -0.740. The van der Waals surface area contributed by atoms with Gasteiger partial charge in [0.2, 0.25) is 0 Å². The fraction of sp³-hybridized carbons (Fsp3) is 0.538. The van der Waals surface area contributed by atoms with E-state index in [-0.39, 0.29) is 0 Å². The van der Waals surface area contributed by atoms with Gasteiger partial charge in [-0.25, -0.2) is 0 Å². The molecular formula is C13H20BrNO2.